The van der Waals surface area contributed by atoms with Gasteiger partial charge in [-0.05, 0) is 35.6 Å². The van der Waals surface area contributed by atoms with Gasteiger partial charge >= 0.3 is 6.68 Å². The van der Waals surface area contributed by atoms with Gasteiger partial charge in [-0.1, -0.05) is 30.3 Å². The second-order valence-electron chi connectivity index (χ2n) is 4.47. The van der Waals surface area contributed by atoms with Gasteiger partial charge in [0, 0.05) is 27.7 Å². The fourth-order valence-corrected chi connectivity index (χ4v) is 3.75. The molecular weight excluding hydrogens is 341 g/mol. The largest absolute Gasteiger partial charge is 0.507 e. The van der Waals surface area contributed by atoms with E-state index in [1.807, 2.05) is 36.0 Å². The average molecular weight is 356 g/mol. The first kappa shape index (κ1) is 18.2. The third kappa shape index (κ3) is 4.83. The summed E-state index contributed by atoms with van der Waals surface area (Å²) in [5.41, 5.74) is 1.39. The number of aromatic hydroxyl groups is 1. The fourth-order valence-electron chi connectivity index (χ4n) is 2.41. The van der Waals surface area contributed by atoms with Gasteiger partial charge < -0.3 is 5.11 Å². The minimum atomic E-state index is -3.67. The van der Waals surface area contributed by atoms with Crippen molar-refractivity contribution in [3.05, 3.63) is 42.0 Å². The molecule has 0 amide bonds. The second kappa shape index (κ2) is 8.57. The molecule has 0 aromatic heterocycles. The summed E-state index contributed by atoms with van der Waals surface area (Å²) in [6.45, 7) is -3.67. The summed E-state index contributed by atoms with van der Waals surface area (Å²) in [5, 5.41) is 12.6. The van der Waals surface area contributed by atoms with E-state index in [0.717, 1.165) is 5.39 Å². The van der Waals surface area contributed by atoms with E-state index in [2.05, 4.69) is 12.1 Å². The Morgan fingerprint density at radius 3 is 2.24 bits per heavy atom. The van der Waals surface area contributed by atoms with Crippen LogP contribution >= 0.6 is 11.8 Å². The van der Waals surface area contributed by atoms with Crippen LogP contribution in [0.5, 0.6) is 5.75 Å². The maximum atomic E-state index is 9.83. The SMILES string of the molecule is FC(F)F.Oc1ccc(C2CCCS2)c2ccccc12.[Fe]. The molecule has 116 valence electrons. The van der Waals surface area contributed by atoms with Crippen molar-refractivity contribution < 1.29 is 35.3 Å². The van der Waals surface area contributed by atoms with Crippen LogP contribution in [0.4, 0.5) is 13.2 Å². The van der Waals surface area contributed by atoms with E-state index in [-0.39, 0.29) is 17.1 Å². The van der Waals surface area contributed by atoms with Crippen LogP contribution in [0.3, 0.4) is 0 Å². The molecule has 0 radical (unpaired) electrons. The molecule has 1 atom stereocenters. The second-order valence-corrected chi connectivity index (χ2v) is 5.78. The number of fused-ring (bicyclic) bond motifs is 1. The van der Waals surface area contributed by atoms with E-state index in [4.69, 9.17) is 0 Å². The standard InChI is InChI=1S/C14H14OS.CHF3.Fe/c15-13-8-7-12(14-6-3-9-16-14)10-4-1-2-5-11(10)13;2-1(3)4;/h1-2,4-5,7-8,14-15H,3,6,9H2;1H;. The fraction of sp³-hybridized carbons (Fsp3) is 0.333. The summed E-state index contributed by atoms with van der Waals surface area (Å²) in [6.07, 6.45) is 2.57. The predicted molar refractivity (Wildman–Crippen MR) is 77.2 cm³/mol. The molecule has 1 aliphatic rings. The van der Waals surface area contributed by atoms with Crippen LogP contribution in [-0.2, 0) is 17.1 Å². The summed E-state index contributed by atoms with van der Waals surface area (Å²) in [6, 6.07) is 12.0. The molecule has 6 heteroatoms. The van der Waals surface area contributed by atoms with Crippen LogP contribution < -0.4 is 0 Å². The molecule has 0 bridgehead atoms. The third-order valence-electron chi connectivity index (χ3n) is 3.21. The van der Waals surface area contributed by atoms with E-state index in [1.54, 1.807) is 0 Å². The first-order valence-electron chi connectivity index (χ1n) is 6.34. The van der Waals surface area contributed by atoms with E-state index >= 15 is 0 Å². The van der Waals surface area contributed by atoms with Gasteiger partial charge in [0.15, 0.2) is 0 Å². The summed E-state index contributed by atoms with van der Waals surface area (Å²) in [7, 11) is 0. The minimum Gasteiger partial charge on any atom is -0.507 e. The molecule has 1 nitrogen and oxygen atoms in total. The van der Waals surface area contributed by atoms with Crippen molar-refractivity contribution in [3.63, 3.8) is 0 Å². The van der Waals surface area contributed by atoms with Gasteiger partial charge in [-0.25, -0.2) is 0 Å². The molecule has 0 saturated carbocycles. The molecule has 0 aliphatic carbocycles. The van der Waals surface area contributed by atoms with Crippen molar-refractivity contribution in [3.8, 4) is 5.75 Å². The zero-order valence-corrected chi connectivity index (χ0v) is 13.0. The summed E-state index contributed by atoms with van der Waals surface area (Å²) in [5.74, 6) is 1.65. The van der Waals surface area contributed by atoms with Crippen molar-refractivity contribution in [2.45, 2.75) is 24.8 Å². The van der Waals surface area contributed by atoms with Crippen LogP contribution in [0.1, 0.15) is 23.7 Å². The molecule has 0 spiro atoms. The van der Waals surface area contributed by atoms with Crippen LogP contribution in [0.2, 0.25) is 0 Å². The average Bonchev–Trinajstić information content (AvgIpc) is 2.93. The number of hydrogen-bond acceptors (Lipinski definition) is 2. The monoisotopic (exact) mass is 356 g/mol. The van der Waals surface area contributed by atoms with Crippen molar-refractivity contribution in [2.24, 2.45) is 0 Å². The predicted octanol–water partition coefficient (Wildman–Crippen LogP) is 5.29. The number of phenolic OH excluding ortho intramolecular Hbond substituents is 1. The molecular formula is C15H15F3FeOS. The molecule has 1 heterocycles. The Kier molecular flexibility index (Phi) is 7.43. The van der Waals surface area contributed by atoms with Gasteiger partial charge in [0.25, 0.3) is 0 Å². The molecule has 21 heavy (non-hydrogen) atoms. The number of hydrogen-bond donors (Lipinski definition) is 1. The van der Waals surface area contributed by atoms with E-state index < -0.39 is 6.68 Å². The Bertz CT molecular complexity index is 571. The molecule has 1 aliphatic heterocycles. The zero-order valence-electron chi connectivity index (χ0n) is 11.1. The Hall–Kier alpha value is -0.841. The van der Waals surface area contributed by atoms with Crippen LogP contribution in [0.25, 0.3) is 10.8 Å². The minimum absolute atomic E-state index is 0. The van der Waals surface area contributed by atoms with Crippen LogP contribution in [-0.4, -0.2) is 17.5 Å². The van der Waals surface area contributed by atoms with Crippen molar-refractivity contribution in [1.82, 2.24) is 0 Å². The molecule has 2 aromatic carbocycles. The summed E-state index contributed by atoms with van der Waals surface area (Å²) in [4.78, 5) is 0. The Balaban J connectivity index is 0.000000397. The Labute approximate surface area is 136 Å². The molecule has 1 unspecified atom stereocenters. The van der Waals surface area contributed by atoms with Crippen LogP contribution in [0.15, 0.2) is 36.4 Å². The molecule has 2 aromatic rings. The topological polar surface area (TPSA) is 20.2 Å². The van der Waals surface area contributed by atoms with Gasteiger partial charge in [0.2, 0.25) is 0 Å². The normalized spacial score (nSPS) is 17.2. The van der Waals surface area contributed by atoms with Crippen molar-refractivity contribution in [1.29, 1.82) is 0 Å². The third-order valence-corrected chi connectivity index (χ3v) is 4.63. The molecule has 3 rings (SSSR count). The Morgan fingerprint density at radius 2 is 1.67 bits per heavy atom. The molecule has 1 N–H and O–H groups in total. The number of halogens is 3. The van der Waals surface area contributed by atoms with E-state index in [1.165, 1.54) is 29.5 Å². The maximum absolute atomic E-state index is 9.83. The summed E-state index contributed by atoms with van der Waals surface area (Å²) < 4.78 is 29.0. The van der Waals surface area contributed by atoms with Gasteiger partial charge in [0.05, 0.1) is 0 Å². The van der Waals surface area contributed by atoms with Gasteiger partial charge in [-0.3, -0.25) is 0 Å². The quantitative estimate of drug-likeness (QED) is 0.701. The number of benzene rings is 2. The van der Waals surface area contributed by atoms with E-state index in [9.17, 15) is 18.3 Å². The van der Waals surface area contributed by atoms with Gasteiger partial charge in [-0.15, -0.1) is 0 Å². The smallest absolute Gasteiger partial charge is 0.379 e. The van der Waals surface area contributed by atoms with E-state index in [0.29, 0.717) is 11.0 Å². The summed E-state index contributed by atoms with van der Waals surface area (Å²) >= 11 is 2.03. The molecule has 1 saturated heterocycles. The first-order chi connectivity index (χ1) is 9.59. The number of alkyl halides is 3. The number of rotatable bonds is 1. The first-order valence-corrected chi connectivity index (χ1v) is 7.39. The Morgan fingerprint density at radius 1 is 1.05 bits per heavy atom. The number of phenols is 1. The van der Waals surface area contributed by atoms with Gasteiger partial charge in [0.1, 0.15) is 5.75 Å². The van der Waals surface area contributed by atoms with Crippen LogP contribution in [0, 0.1) is 0 Å². The van der Waals surface area contributed by atoms with Crippen molar-refractivity contribution in [2.75, 3.05) is 5.75 Å². The molecule has 1 fully saturated rings. The number of thioether (sulfide) groups is 1. The van der Waals surface area contributed by atoms with Gasteiger partial charge in [-0.2, -0.15) is 24.9 Å². The maximum Gasteiger partial charge on any atom is 0.379 e. The zero-order chi connectivity index (χ0) is 14.5. The van der Waals surface area contributed by atoms with Crippen molar-refractivity contribution >= 4 is 22.5 Å².